The van der Waals surface area contributed by atoms with E-state index in [0.717, 1.165) is 12.1 Å². The maximum atomic E-state index is 12.5. The molecule has 0 unspecified atom stereocenters. The Morgan fingerprint density at radius 3 is 2.60 bits per heavy atom. The van der Waals surface area contributed by atoms with E-state index in [0.29, 0.717) is 18.7 Å². The summed E-state index contributed by atoms with van der Waals surface area (Å²) in [6, 6.07) is 11.4. The molecule has 1 amide bonds. The first-order valence-electron chi connectivity index (χ1n) is 6.89. The molecule has 20 heavy (non-hydrogen) atoms. The highest BCUT2D eigenvalue weighted by Crippen LogP contribution is 2.13. The van der Waals surface area contributed by atoms with Gasteiger partial charge in [-0.05, 0) is 36.8 Å². The van der Waals surface area contributed by atoms with Gasteiger partial charge in [0.2, 0.25) is 0 Å². The fraction of sp³-hybridized carbons (Fsp3) is 0.312. The van der Waals surface area contributed by atoms with Crippen LogP contribution in [0.25, 0.3) is 5.69 Å². The molecule has 0 saturated heterocycles. The van der Waals surface area contributed by atoms with Crippen molar-refractivity contribution in [3.05, 3.63) is 54.4 Å². The Morgan fingerprint density at radius 1 is 1.20 bits per heavy atom. The van der Waals surface area contributed by atoms with Gasteiger partial charge in [0.25, 0.3) is 5.91 Å². The predicted octanol–water partition coefficient (Wildman–Crippen LogP) is 2.32. The molecule has 106 valence electrons. The summed E-state index contributed by atoms with van der Waals surface area (Å²) in [6.45, 7) is 3.05. The molecule has 0 saturated carbocycles. The average molecular weight is 272 g/mol. The summed E-state index contributed by atoms with van der Waals surface area (Å²) >= 11 is 0. The quantitative estimate of drug-likeness (QED) is 0.877. The number of nitrogens with zero attached hydrogens (tertiary/aromatic N) is 2. The SMILES string of the molecule is CCCN(CCO)C(=O)c1cccc(-n2cccc2)c1. The Kier molecular flexibility index (Phi) is 4.96. The van der Waals surface area contributed by atoms with Crippen molar-refractivity contribution < 1.29 is 9.90 Å². The third kappa shape index (κ3) is 3.27. The van der Waals surface area contributed by atoms with Crippen LogP contribution in [0.4, 0.5) is 0 Å². The van der Waals surface area contributed by atoms with Crippen LogP contribution in [-0.4, -0.2) is 40.2 Å². The van der Waals surface area contributed by atoms with Gasteiger partial charge in [0.1, 0.15) is 0 Å². The molecule has 2 aromatic rings. The third-order valence-corrected chi connectivity index (χ3v) is 3.15. The van der Waals surface area contributed by atoms with Gasteiger partial charge < -0.3 is 14.6 Å². The molecule has 2 rings (SSSR count). The van der Waals surface area contributed by atoms with Crippen LogP contribution < -0.4 is 0 Å². The van der Waals surface area contributed by atoms with Crippen LogP contribution in [0.3, 0.4) is 0 Å². The summed E-state index contributed by atoms with van der Waals surface area (Å²) < 4.78 is 1.97. The second-order valence-corrected chi connectivity index (χ2v) is 4.66. The largest absolute Gasteiger partial charge is 0.395 e. The lowest BCUT2D eigenvalue weighted by Crippen LogP contribution is -2.34. The number of hydrogen-bond donors (Lipinski definition) is 1. The normalized spacial score (nSPS) is 10.5. The number of rotatable bonds is 6. The summed E-state index contributed by atoms with van der Waals surface area (Å²) in [5.74, 6) is -0.0325. The number of aliphatic hydroxyl groups is 1. The molecule has 1 heterocycles. The van der Waals surface area contributed by atoms with Crippen molar-refractivity contribution in [1.29, 1.82) is 0 Å². The van der Waals surface area contributed by atoms with Gasteiger partial charge in [0.05, 0.1) is 6.61 Å². The molecule has 4 nitrogen and oxygen atoms in total. The maximum Gasteiger partial charge on any atom is 0.254 e. The fourth-order valence-electron chi connectivity index (χ4n) is 2.19. The average Bonchev–Trinajstić information content (AvgIpc) is 3.01. The minimum atomic E-state index is -0.0325. The van der Waals surface area contributed by atoms with Crippen molar-refractivity contribution in [2.45, 2.75) is 13.3 Å². The standard InChI is InChI=1S/C16H20N2O2/c1-2-8-18(11-12-19)16(20)14-6-5-7-15(13-14)17-9-3-4-10-17/h3-7,9-10,13,19H,2,8,11-12H2,1H3. The van der Waals surface area contributed by atoms with Crippen molar-refractivity contribution >= 4 is 5.91 Å². The smallest absolute Gasteiger partial charge is 0.254 e. The van der Waals surface area contributed by atoms with Crippen LogP contribution >= 0.6 is 0 Å². The Bertz CT molecular complexity index is 543. The van der Waals surface area contributed by atoms with Gasteiger partial charge in [-0.2, -0.15) is 0 Å². The molecule has 1 N–H and O–H groups in total. The zero-order chi connectivity index (χ0) is 14.4. The van der Waals surface area contributed by atoms with Crippen molar-refractivity contribution in [2.24, 2.45) is 0 Å². The van der Waals surface area contributed by atoms with Crippen LogP contribution in [0.15, 0.2) is 48.8 Å². The second kappa shape index (κ2) is 6.91. The van der Waals surface area contributed by atoms with Gasteiger partial charge in [0, 0.05) is 36.7 Å². The summed E-state index contributed by atoms with van der Waals surface area (Å²) in [6.07, 6.45) is 4.77. The number of carbonyl (C=O) groups excluding carboxylic acids is 1. The minimum Gasteiger partial charge on any atom is -0.395 e. The van der Waals surface area contributed by atoms with E-state index in [-0.39, 0.29) is 12.5 Å². The van der Waals surface area contributed by atoms with Gasteiger partial charge in [-0.15, -0.1) is 0 Å². The lowest BCUT2D eigenvalue weighted by atomic mass is 10.1. The molecule has 1 aromatic carbocycles. The Balaban J connectivity index is 2.23. The van der Waals surface area contributed by atoms with E-state index in [2.05, 4.69) is 0 Å². The Hall–Kier alpha value is -2.07. The topological polar surface area (TPSA) is 45.5 Å². The van der Waals surface area contributed by atoms with Crippen LogP contribution in [0.1, 0.15) is 23.7 Å². The number of carbonyl (C=O) groups is 1. The molecule has 0 aliphatic heterocycles. The van der Waals surface area contributed by atoms with Crippen molar-refractivity contribution in [2.75, 3.05) is 19.7 Å². The van der Waals surface area contributed by atoms with E-state index in [1.807, 2.05) is 60.3 Å². The predicted molar refractivity (Wildman–Crippen MR) is 79.0 cm³/mol. The summed E-state index contributed by atoms with van der Waals surface area (Å²) in [5.41, 5.74) is 1.61. The molecular formula is C16H20N2O2. The van der Waals surface area contributed by atoms with Crippen molar-refractivity contribution in [1.82, 2.24) is 9.47 Å². The number of benzene rings is 1. The highest BCUT2D eigenvalue weighted by Gasteiger charge is 2.14. The Morgan fingerprint density at radius 2 is 1.95 bits per heavy atom. The van der Waals surface area contributed by atoms with Gasteiger partial charge in [-0.25, -0.2) is 0 Å². The maximum absolute atomic E-state index is 12.5. The Labute approximate surface area is 119 Å². The molecule has 0 radical (unpaired) electrons. The number of hydrogen-bond acceptors (Lipinski definition) is 2. The number of aliphatic hydroxyl groups excluding tert-OH is 1. The van der Waals surface area contributed by atoms with E-state index in [1.54, 1.807) is 4.90 Å². The second-order valence-electron chi connectivity index (χ2n) is 4.66. The van der Waals surface area contributed by atoms with E-state index in [9.17, 15) is 4.79 Å². The summed E-state index contributed by atoms with van der Waals surface area (Å²) in [7, 11) is 0. The number of amides is 1. The highest BCUT2D eigenvalue weighted by molar-refractivity contribution is 5.94. The molecule has 0 bridgehead atoms. The third-order valence-electron chi connectivity index (χ3n) is 3.15. The van der Waals surface area contributed by atoms with Gasteiger partial charge in [-0.1, -0.05) is 13.0 Å². The molecule has 1 aromatic heterocycles. The monoisotopic (exact) mass is 272 g/mol. The van der Waals surface area contributed by atoms with Gasteiger partial charge in [0.15, 0.2) is 0 Å². The lowest BCUT2D eigenvalue weighted by molar-refractivity contribution is 0.0722. The first-order chi connectivity index (χ1) is 9.76. The minimum absolute atomic E-state index is 0.0109. The van der Waals surface area contributed by atoms with Crippen molar-refractivity contribution in [3.63, 3.8) is 0 Å². The molecule has 0 spiro atoms. The zero-order valence-corrected chi connectivity index (χ0v) is 11.7. The number of aromatic nitrogens is 1. The van der Waals surface area contributed by atoms with E-state index < -0.39 is 0 Å². The molecule has 0 aliphatic carbocycles. The summed E-state index contributed by atoms with van der Waals surface area (Å²) in [5, 5.41) is 9.07. The molecule has 4 heteroatoms. The van der Waals surface area contributed by atoms with E-state index in [1.165, 1.54) is 0 Å². The van der Waals surface area contributed by atoms with Crippen LogP contribution in [0, 0.1) is 0 Å². The molecule has 0 fully saturated rings. The van der Waals surface area contributed by atoms with Gasteiger partial charge >= 0.3 is 0 Å². The van der Waals surface area contributed by atoms with Crippen LogP contribution in [0.2, 0.25) is 0 Å². The van der Waals surface area contributed by atoms with Crippen LogP contribution in [-0.2, 0) is 0 Å². The fourth-order valence-corrected chi connectivity index (χ4v) is 2.19. The highest BCUT2D eigenvalue weighted by atomic mass is 16.3. The molecular weight excluding hydrogens is 252 g/mol. The lowest BCUT2D eigenvalue weighted by Gasteiger charge is -2.21. The van der Waals surface area contributed by atoms with Crippen molar-refractivity contribution in [3.8, 4) is 5.69 Å². The van der Waals surface area contributed by atoms with Crippen LogP contribution in [0.5, 0.6) is 0 Å². The molecule has 0 atom stereocenters. The molecule has 0 aliphatic rings. The summed E-state index contributed by atoms with van der Waals surface area (Å²) in [4.78, 5) is 14.1. The zero-order valence-electron chi connectivity index (χ0n) is 11.7. The van der Waals surface area contributed by atoms with E-state index in [4.69, 9.17) is 5.11 Å². The van der Waals surface area contributed by atoms with E-state index >= 15 is 0 Å². The first-order valence-corrected chi connectivity index (χ1v) is 6.89. The first kappa shape index (κ1) is 14.3. The van der Waals surface area contributed by atoms with Gasteiger partial charge in [-0.3, -0.25) is 4.79 Å².